The summed E-state index contributed by atoms with van der Waals surface area (Å²) in [7, 11) is 0. The van der Waals surface area contributed by atoms with Crippen LogP contribution in [-0.4, -0.2) is 29.8 Å². The molecule has 0 aliphatic rings. The fraction of sp³-hybridized carbons (Fsp3) is 0.375. The molecule has 27 heavy (non-hydrogen) atoms. The van der Waals surface area contributed by atoms with Crippen LogP contribution in [0.15, 0.2) is 11.8 Å². The van der Waals surface area contributed by atoms with Crippen LogP contribution in [0.3, 0.4) is 0 Å². The maximum atomic E-state index is 14.4. The first-order chi connectivity index (χ1) is 12.7. The van der Waals surface area contributed by atoms with Gasteiger partial charge in [-0.05, 0) is 13.3 Å². The first-order valence-electron chi connectivity index (χ1n) is 7.90. The van der Waals surface area contributed by atoms with Crippen molar-refractivity contribution in [1.82, 2.24) is 10.9 Å². The van der Waals surface area contributed by atoms with Crippen molar-refractivity contribution < 1.29 is 32.4 Å². The summed E-state index contributed by atoms with van der Waals surface area (Å²) in [4.78, 5) is 34.4. The van der Waals surface area contributed by atoms with Gasteiger partial charge in [-0.2, -0.15) is 4.39 Å². The molecule has 0 spiro atoms. The Balaban J connectivity index is 3.59. The lowest BCUT2D eigenvalue weighted by molar-refractivity contribution is -0.388. The van der Waals surface area contributed by atoms with Gasteiger partial charge in [0.25, 0.3) is 0 Å². The van der Waals surface area contributed by atoms with Crippen LogP contribution in [0.5, 0.6) is 0 Å². The number of hydrogen-bond acceptors (Lipinski definition) is 7. The number of nitrogens with zero attached hydrogens (tertiary/aromatic N) is 1. The Morgan fingerprint density at radius 3 is 2.33 bits per heavy atom. The van der Waals surface area contributed by atoms with Crippen LogP contribution in [0.2, 0.25) is 0 Å². The highest BCUT2D eigenvalue weighted by atomic mass is 19.2. The number of esters is 1. The molecule has 0 aromatic heterocycles. The smallest absolute Gasteiger partial charge is 0.343 e. The Hall–Kier alpha value is -2.95. The Labute approximate surface area is 152 Å². The van der Waals surface area contributed by atoms with E-state index in [1.807, 2.05) is 0 Å². The number of nitro groups is 1. The second kappa shape index (κ2) is 9.67. The van der Waals surface area contributed by atoms with Crippen molar-refractivity contribution in [1.29, 1.82) is 0 Å². The molecule has 0 saturated carbocycles. The van der Waals surface area contributed by atoms with Crippen molar-refractivity contribution in [3.63, 3.8) is 0 Å². The normalized spacial score (nSPS) is 11.3. The number of halogens is 3. The second-order valence-electron chi connectivity index (χ2n) is 5.25. The van der Waals surface area contributed by atoms with Gasteiger partial charge in [0.2, 0.25) is 11.6 Å². The maximum Gasteiger partial charge on any atom is 0.343 e. The van der Waals surface area contributed by atoms with E-state index >= 15 is 0 Å². The number of nitrogens with one attached hydrogen (secondary N) is 2. The second-order valence-corrected chi connectivity index (χ2v) is 5.25. The standard InChI is InChI=1S/C16H18F3N3O5/c1-4-6-27-16(24)9(7-21-20-5-2)15(23)10-11(17)8(3)12(18)13(19)14(10)22(25)26/h7,20-21H,4-6H2,1-3H3/b9-7+. The lowest BCUT2D eigenvalue weighted by Crippen LogP contribution is -2.29. The van der Waals surface area contributed by atoms with E-state index in [9.17, 15) is 32.9 Å². The third-order valence-corrected chi connectivity index (χ3v) is 3.32. The number of Topliss-reactive ketones (excluding diaryl/α,β-unsaturated/α-hetero) is 1. The summed E-state index contributed by atoms with van der Waals surface area (Å²) in [6.45, 7) is 4.45. The highest BCUT2D eigenvalue weighted by molar-refractivity contribution is 6.25. The van der Waals surface area contributed by atoms with Gasteiger partial charge in [0.1, 0.15) is 17.0 Å². The van der Waals surface area contributed by atoms with Crippen LogP contribution < -0.4 is 10.9 Å². The number of rotatable bonds is 9. The molecule has 148 valence electrons. The third kappa shape index (κ3) is 4.82. The highest BCUT2D eigenvalue weighted by Crippen LogP contribution is 2.32. The summed E-state index contributed by atoms with van der Waals surface area (Å²) in [5.74, 6) is -8.15. The summed E-state index contributed by atoms with van der Waals surface area (Å²) in [5, 5.41) is 11.1. The number of benzene rings is 1. The quantitative estimate of drug-likeness (QED) is 0.0768. The number of carbonyl (C=O) groups excluding carboxylic acids is 2. The molecule has 1 aromatic rings. The lowest BCUT2D eigenvalue weighted by atomic mass is 9.98. The van der Waals surface area contributed by atoms with Crippen molar-refractivity contribution in [3.8, 4) is 0 Å². The SMILES string of the molecule is CCCOC(=O)/C(=C/NNCC)C(=O)c1c(F)c(C)c(F)c(F)c1[N+](=O)[O-]. The van der Waals surface area contributed by atoms with E-state index in [1.165, 1.54) is 0 Å². The van der Waals surface area contributed by atoms with E-state index in [1.54, 1.807) is 13.8 Å². The van der Waals surface area contributed by atoms with E-state index < -0.39 is 56.5 Å². The van der Waals surface area contributed by atoms with E-state index in [0.717, 1.165) is 13.1 Å². The number of hydrazine groups is 1. The van der Waals surface area contributed by atoms with Gasteiger partial charge in [-0.25, -0.2) is 19.0 Å². The first kappa shape index (κ1) is 22.1. The topological polar surface area (TPSA) is 111 Å². The van der Waals surface area contributed by atoms with Crippen molar-refractivity contribution >= 4 is 17.4 Å². The summed E-state index contributed by atoms with van der Waals surface area (Å²) in [6, 6.07) is 0. The molecule has 0 aliphatic heterocycles. The Bertz CT molecular complexity index is 796. The molecule has 1 rings (SSSR count). The van der Waals surface area contributed by atoms with Crippen molar-refractivity contribution in [2.75, 3.05) is 13.2 Å². The molecule has 0 fully saturated rings. The van der Waals surface area contributed by atoms with Crippen molar-refractivity contribution in [2.24, 2.45) is 0 Å². The van der Waals surface area contributed by atoms with Crippen LogP contribution in [0.25, 0.3) is 0 Å². The number of ether oxygens (including phenoxy) is 1. The zero-order valence-corrected chi connectivity index (χ0v) is 14.8. The van der Waals surface area contributed by atoms with E-state index in [2.05, 4.69) is 10.9 Å². The lowest BCUT2D eigenvalue weighted by Gasteiger charge is -2.11. The highest BCUT2D eigenvalue weighted by Gasteiger charge is 2.37. The molecule has 0 saturated heterocycles. The van der Waals surface area contributed by atoms with Gasteiger partial charge in [-0.3, -0.25) is 14.9 Å². The maximum absolute atomic E-state index is 14.4. The van der Waals surface area contributed by atoms with Crippen LogP contribution in [-0.2, 0) is 9.53 Å². The van der Waals surface area contributed by atoms with Crippen LogP contribution in [0, 0.1) is 34.5 Å². The molecule has 0 bridgehead atoms. The van der Waals surface area contributed by atoms with Crippen LogP contribution in [0.4, 0.5) is 18.9 Å². The zero-order valence-electron chi connectivity index (χ0n) is 14.8. The minimum absolute atomic E-state index is 0.0773. The number of nitro benzene ring substituents is 1. The molecule has 0 unspecified atom stereocenters. The van der Waals surface area contributed by atoms with Gasteiger partial charge >= 0.3 is 11.7 Å². The van der Waals surface area contributed by atoms with Gasteiger partial charge in [-0.1, -0.05) is 13.8 Å². The minimum atomic E-state index is -2.00. The molecule has 11 heteroatoms. The first-order valence-corrected chi connectivity index (χ1v) is 7.90. The predicted molar refractivity (Wildman–Crippen MR) is 88.2 cm³/mol. The fourth-order valence-corrected chi connectivity index (χ4v) is 1.99. The largest absolute Gasteiger partial charge is 0.462 e. The average Bonchev–Trinajstić information content (AvgIpc) is 2.63. The van der Waals surface area contributed by atoms with Gasteiger partial charge in [-0.15, -0.1) is 0 Å². The van der Waals surface area contributed by atoms with Crippen LogP contribution in [0.1, 0.15) is 36.2 Å². The zero-order chi connectivity index (χ0) is 20.7. The molecule has 0 heterocycles. The number of hydrogen-bond donors (Lipinski definition) is 2. The van der Waals surface area contributed by atoms with Gasteiger partial charge in [0.15, 0.2) is 5.82 Å². The number of ketones is 1. The molecular formula is C16H18F3N3O5. The molecule has 2 N–H and O–H groups in total. The predicted octanol–water partition coefficient (Wildman–Crippen LogP) is 2.45. The van der Waals surface area contributed by atoms with E-state index in [-0.39, 0.29) is 6.61 Å². The third-order valence-electron chi connectivity index (χ3n) is 3.32. The van der Waals surface area contributed by atoms with E-state index in [0.29, 0.717) is 13.0 Å². The monoisotopic (exact) mass is 389 g/mol. The van der Waals surface area contributed by atoms with Crippen molar-refractivity contribution in [3.05, 3.63) is 50.5 Å². The van der Waals surface area contributed by atoms with E-state index in [4.69, 9.17) is 4.74 Å². The average molecular weight is 389 g/mol. The fourth-order valence-electron chi connectivity index (χ4n) is 1.99. The van der Waals surface area contributed by atoms with Gasteiger partial charge < -0.3 is 10.2 Å². The Kier molecular flexibility index (Phi) is 7.91. The number of carbonyl (C=O) groups is 2. The van der Waals surface area contributed by atoms with Gasteiger partial charge in [0.05, 0.1) is 11.5 Å². The molecule has 0 aliphatic carbocycles. The molecule has 1 aromatic carbocycles. The molecule has 8 nitrogen and oxygen atoms in total. The molecular weight excluding hydrogens is 371 g/mol. The summed E-state index contributed by atoms with van der Waals surface area (Å²) in [5.41, 5.74) is 0.0768. The molecule has 0 radical (unpaired) electrons. The van der Waals surface area contributed by atoms with Crippen LogP contribution >= 0.6 is 0 Å². The molecule has 0 amide bonds. The van der Waals surface area contributed by atoms with Gasteiger partial charge in [0, 0.05) is 18.3 Å². The summed E-state index contributed by atoms with van der Waals surface area (Å²) >= 11 is 0. The Morgan fingerprint density at radius 1 is 1.19 bits per heavy atom. The summed E-state index contributed by atoms with van der Waals surface area (Å²) < 4.78 is 46.9. The minimum Gasteiger partial charge on any atom is -0.462 e. The summed E-state index contributed by atoms with van der Waals surface area (Å²) in [6.07, 6.45) is 1.22. The van der Waals surface area contributed by atoms with Crippen molar-refractivity contribution in [2.45, 2.75) is 27.2 Å². The molecule has 0 atom stereocenters. The Morgan fingerprint density at radius 2 is 1.81 bits per heavy atom.